The maximum atomic E-state index is 12.7. The Balaban J connectivity index is 2.00. The van der Waals surface area contributed by atoms with Crippen LogP contribution in [-0.2, 0) is 25.7 Å². The van der Waals surface area contributed by atoms with Gasteiger partial charge in [0.15, 0.2) is 0 Å². The lowest BCUT2D eigenvalue weighted by Crippen LogP contribution is -2.42. The monoisotopic (exact) mass is 591 g/mol. The molecule has 0 unspecified atom stereocenters. The SMILES string of the molecule is COC(=O)[C@H](CSCC(=O)Nc1c(Br)cc(Br)cc1CN(C)C1CCCCC1)NC(C)=O. The van der Waals surface area contributed by atoms with Crippen molar-refractivity contribution in [2.24, 2.45) is 0 Å². The molecule has 1 fully saturated rings. The third-order valence-electron chi connectivity index (χ3n) is 5.40. The van der Waals surface area contributed by atoms with E-state index in [1.807, 2.05) is 12.1 Å². The number of nitrogens with one attached hydrogen (secondary N) is 2. The molecule has 1 saturated carbocycles. The largest absolute Gasteiger partial charge is 0.467 e. The minimum atomic E-state index is -0.783. The number of hydrogen-bond donors (Lipinski definition) is 2. The number of hydrogen-bond acceptors (Lipinski definition) is 6. The van der Waals surface area contributed by atoms with Gasteiger partial charge in [-0.1, -0.05) is 35.2 Å². The van der Waals surface area contributed by atoms with Crippen molar-refractivity contribution < 1.29 is 19.1 Å². The van der Waals surface area contributed by atoms with Gasteiger partial charge < -0.3 is 15.4 Å². The first-order valence-corrected chi connectivity index (χ1v) is 13.4. The van der Waals surface area contributed by atoms with Crippen LogP contribution < -0.4 is 10.6 Å². The lowest BCUT2D eigenvalue weighted by molar-refractivity contribution is -0.144. The second kappa shape index (κ2) is 13.6. The highest BCUT2D eigenvalue weighted by Crippen LogP contribution is 2.33. The Kier molecular flexibility index (Phi) is 11.5. The first kappa shape index (κ1) is 27.1. The number of ether oxygens (including phenoxy) is 1. The molecule has 0 saturated heterocycles. The van der Waals surface area contributed by atoms with Crippen LogP contribution in [0, 0.1) is 0 Å². The van der Waals surface area contributed by atoms with Crippen molar-refractivity contribution in [1.82, 2.24) is 10.2 Å². The molecule has 2 N–H and O–H groups in total. The molecule has 0 aliphatic heterocycles. The fourth-order valence-electron chi connectivity index (χ4n) is 3.81. The van der Waals surface area contributed by atoms with Crippen LogP contribution in [0.2, 0.25) is 0 Å². The first-order chi connectivity index (χ1) is 15.2. The van der Waals surface area contributed by atoms with Crippen LogP contribution in [0.15, 0.2) is 21.1 Å². The highest BCUT2D eigenvalue weighted by atomic mass is 79.9. The molecule has 1 aromatic carbocycles. The number of anilines is 1. The van der Waals surface area contributed by atoms with Crippen LogP contribution in [0.5, 0.6) is 0 Å². The summed E-state index contributed by atoms with van der Waals surface area (Å²) in [6.07, 6.45) is 6.26. The molecule has 2 rings (SSSR count). The predicted molar refractivity (Wildman–Crippen MR) is 136 cm³/mol. The molecule has 10 heteroatoms. The minimum Gasteiger partial charge on any atom is -0.467 e. The van der Waals surface area contributed by atoms with Gasteiger partial charge in [-0.05, 0) is 53.5 Å². The molecule has 32 heavy (non-hydrogen) atoms. The number of nitrogens with zero attached hydrogens (tertiary/aromatic N) is 1. The van der Waals surface area contributed by atoms with Gasteiger partial charge in [0.25, 0.3) is 0 Å². The number of carbonyl (C=O) groups excluding carboxylic acids is 3. The van der Waals surface area contributed by atoms with Gasteiger partial charge in [0, 0.05) is 34.2 Å². The summed E-state index contributed by atoms with van der Waals surface area (Å²) < 4.78 is 6.47. The Morgan fingerprint density at radius 2 is 1.91 bits per heavy atom. The van der Waals surface area contributed by atoms with E-state index >= 15 is 0 Å². The summed E-state index contributed by atoms with van der Waals surface area (Å²) in [5.74, 6) is -0.634. The standard InChI is InChI=1S/C22H31Br2N3O4S/c1-14(28)25-19(22(30)31-3)12-32-13-20(29)26-21-15(9-16(23)10-18(21)24)11-27(2)17-7-5-4-6-8-17/h9-10,17,19H,4-8,11-13H2,1-3H3,(H,25,28)(H,26,29)/t19-/m0/s1. The predicted octanol–water partition coefficient (Wildman–Crippen LogP) is 4.33. The molecule has 0 heterocycles. The van der Waals surface area contributed by atoms with Gasteiger partial charge in [-0.15, -0.1) is 11.8 Å². The number of carbonyl (C=O) groups is 3. The summed E-state index contributed by atoms with van der Waals surface area (Å²) in [6.45, 7) is 2.07. The van der Waals surface area contributed by atoms with Gasteiger partial charge in [0.2, 0.25) is 11.8 Å². The zero-order valence-corrected chi connectivity index (χ0v) is 22.7. The molecule has 0 radical (unpaired) electrons. The van der Waals surface area contributed by atoms with Crippen molar-refractivity contribution >= 4 is 67.1 Å². The van der Waals surface area contributed by atoms with Crippen LogP contribution in [0.3, 0.4) is 0 Å². The summed E-state index contributed by atoms with van der Waals surface area (Å²) in [5, 5.41) is 5.56. The highest BCUT2D eigenvalue weighted by Gasteiger charge is 2.22. The average Bonchev–Trinajstić information content (AvgIpc) is 2.75. The van der Waals surface area contributed by atoms with Crippen molar-refractivity contribution in [2.75, 3.05) is 31.0 Å². The molecule has 178 valence electrons. The van der Waals surface area contributed by atoms with E-state index < -0.39 is 12.0 Å². The molecule has 0 bridgehead atoms. The summed E-state index contributed by atoms with van der Waals surface area (Å²) in [6, 6.07) is 3.73. The third kappa shape index (κ3) is 8.68. The normalized spacial score (nSPS) is 15.3. The molecular formula is C22H31Br2N3O4S. The fraction of sp³-hybridized carbons (Fsp3) is 0.591. The van der Waals surface area contributed by atoms with E-state index in [4.69, 9.17) is 4.74 Å². The highest BCUT2D eigenvalue weighted by molar-refractivity contribution is 9.11. The van der Waals surface area contributed by atoms with Gasteiger partial charge in [-0.2, -0.15) is 0 Å². The van der Waals surface area contributed by atoms with Gasteiger partial charge in [-0.25, -0.2) is 4.79 Å². The number of halogens is 2. The van der Waals surface area contributed by atoms with E-state index in [-0.39, 0.29) is 23.3 Å². The number of methoxy groups -OCH3 is 1. The number of rotatable bonds is 10. The molecule has 1 aliphatic rings. The van der Waals surface area contributed by atoms with Gasteiger partial charge in [0.1, 0.15) is 6.04 Å². The summed E-state index contributed by atoms with van der Waals surface area (Å²) in [4.78, 5) is 38.1. The molecular weight excluding hydrogens is 562 g/mol. The van der Waals surface area contributed by atoms with Crippen molar-refractivity contribution in [3.05, 3.63) is 26.6 Å². The second-order valence-electron chi connectivity index (χ2n) is 7.97. The molecule has 1 aromatic rings. The number of thioether (sulfide) groups is 1. The molecule has 0 aromatic heterocycles. The van der Waals surface area contributed by atoms with Crippen molar-refractivity contribution in [3.63, 3.8) is 0 Å². The Bertz CT molecular complexity index is 819. The summed E-state index contributed by atoms with van der Waals surface area (Å²) in [7, 11) is 3.41. The van der Waals surface area contributed by atoms with Crippen molar-refractivity contribution in [2.45, 2.75) is 57.7 Å². The van der Waals surface area contributed by atoms with Crippen molar-refractivity contribution in [1.29, 1.82) is 0 Å². The Morgan fingerprint density at radius 1 is 1.22 bits per heavy atom. The third-order valence-corrected chi connectivity index (χ3v) is 7.52. The lowest BCUT2D eigenvalue weighted by Gasteiger charge is -2.32. The Morgan fingerprint density at radius 3 is 2.53 bits per heavy atom. The zero-order valence-electron chi connectivity index (χ0n) is 18.7. The number of amides is 2. The zero-order chi connectivity index (χ0) is 23.7. The Labute approximate surface area is 211 Å². The van der Waals surface area contributed by atoms with E-state index in [0.717, 1.165) is 26.7 Å². The van der Waals surface area contributed by atoms with E-state index in [0.29, 0.717) is 6.04 Å². The van der Waals surface area contributed by atoms with E-state index in [9.17, 15) is 14.4 Å². The quantitative estimate of drug-likeness (QED) is 0.393. The van der Waals surface area contributed by atoms with Crippen LogP contribution in [0.4, 0.5) is 5.69 Å². The van der Waals surface area contributed by atoms with E-state index in [1.54, 1.807) is 0 Å². The minimum absolute atomic E-state index is 0.146. The number of esters is 1. The van der Waals surface area contributed by atoms with Crippen LogP contribution >= 0.6 is 43.6 Å². The maximum absolute atomic E-state index is 12.7. The maximum Gasteiger partial charge on any atom is 0.329 e. The van der Waals surface area contributed by atoms with Gasteiger partial charge >= 0.3 is 5.97 Å². The summed E-state index contributed by atoms with van der Waals surface area (Å²) >= 11 is 8.40. The topological polar surface area (TPSA) is 87.7 Å². The first-order valence-electron chi connectivity index (χ1n) is 10.6. The summed E-state index contributed by atoms with van der Waals surface area (Å²) in [5.41, 5.74) is 1.79. The van der Waals surface area contributed by atoms with Gasteiger partial charge in [0.05, 0.1) is 18.6 Å². The Hall–Kier alpha value is -1.10. The molecule has 7 nitrogen and oxygen atoms in total. The van der Waals surface area contributed by atoms with E-state index in [2.05, 4.69) is 54.4 Å². The van der Waals surface area contributed by atoms with Crippen LogP contribution in [0.25, 0.3) is 0 Å². The molecule has 1 aliphatic carbocycles. The van der Waals surface area contributed by atoms with Crippen molar-refractivity contribution in [3.8, 4) is 0 Å². The van der Waals surface area contributed by atoms with Crippen LogP contribution in [0.1, 0.15) is 44.6 Å². The molecule has 0 spiro atoms. The second-order valence-corrected chi connectivity index (χ2v) is 10.8. The molecule has 1 atom stereocenters. The number of benzene rings is 1. The van der Waals surface area contributed by atoms with E-state index in [1.165, 1.54) is 57.9 Å². The fourth-order valence-corrected chi connectivity index (χ4v) is 6.06. The smallest absolute Gasteiger partial charge is 0.329 e. The lowest BCUT2D eigenvalue weighted by atomic mass is 9.94. The van der Waals surface area contributed by atoms with Gasteiger partial charge in [-0.3, -0.25) is 14.5 Å². The molecule has 2 amide bonds. The average molecular weight is 593 g/mol. The van der Waals surface area contributed by atoms with Crippen LogP contribution in [-0.4, -0.2) is 60.4 Å².